The van der Waals surface area contributed by atoms with Crippen LogP contribution in [0, 0.1) is 46.6 Å². The van der Waals surface area contributed by atoms with E-state index >= 15 is 8.78 Å². The third-order valence-corrected chi connectivity index (χ3v) is 16.6. The number of hydrogen-bond acceptors (Lipinski definition) is 15. The Morgan fingerprint density at radius 3 is 2.42 bits per heavy atom. The molecule has 20 heteroatoms. The van der Waals surface area contributed by atoms with E-state index in [-0.39, 0.29) is 112 Å². The van der Waals surface area contributed by atoms with E-state index in [9.17, 15) is 29.5 Å². The number of methoxy groups -OCH3 is 1. The number of aromatic nitrogens is 3. The number of hydrogen-bond donors (Lipinski definition) is 2. The summed E-state index contributed by atoms with van der Waals surface area (Å²) < 4.78 is 45.2. The van der Waals surface area contributed by atoms with Crippen molar-refractivity contribution in [3.63, 3.8) is 0 Å². The summed E-state index contributed by atoms with van der Waals surface area (Å²) >= 11 is 0. The van der Waals surface area contributed by atoms with E-state index in [4.69, 9.17) is 25.9 Å². The molecule has 2 aromatic heterocycles. The lowest BCUT2D eigenvalue weighted by Gasteiger charge is -2.41. The predicted molar refractivity (Wildman–Crippen MR) is 282 cm³/mol. The van der Waals surface area contributed by atoms with Crippen molar-refractivity contribution in [3.05, 3.63) is 70.8 Å². The van der Waals surface area contributed by atoms with Crippen molar-refractivity contribution in [1.82, 2.24) is 39.9 Å². The van der Waals surface area contributed by atoms with Gasteiger partial charge in [-0.25, -0.2) is 13.8 Å². The number of carbonyl (C=O) groups excluding carboxylic acids is 4. The summed E-state index contributed by atoms with van der Waals surface area (Å²) in [5.41, 5.74) is 1.89. The van der Waals surface area contributed by atoms with Gasteiger partial charge in [-0.2, -0.15) is 15.2 Å². The Morgan fingerprint density at radius 2 is 1.70 bits per heavy atom. The summed E-state index contributed by atoms with van der Waals surface area (Å²) in [6, 6.07) is 12.3. The zero-order valence-corrected chi connectivity index (χ0v) is 43.3. The molecule has 4 saturated heterocycles. The van der Waals surface area contributed by atoms with Gasteiger partial charge >= 0.3 is 6.01 Å². The summed E-state index contributed by atoms with van der Waals surface area (Å²) in [5, 5.41) is 23.7. The summed E-state index contributed by atoms with van der Waals surface area (Å²) in [7, 11) is 1.38. The second kappa shape index (κ2) is 21.0. The first kappa shape index (κ1) is 51.4. The molecular formula is C57H61F2N11O7. The Kier molecular flexibility index (Phi) is 14.0. The highest BCUT2D eigenvalue weighted by Gasteiger charge is 2.46. The summed E-state index contributed by atoms with van der Waals surface area (Å²) in [6.45, 7) is 10.6. The minimum absolute atomic E-state index is 0.0334. The highest BCUT2D eigenvalue weighted by Crippen LogP contribution is 2.48. The van der Waals surface area contributed by atoms with E-state index in [0.29, 0.717) is 42.9 Å². The van der Waals surface area contributed by atoms with Crippen LogP contribution in [0.1, 0.15) is 79.8 Å². The van der Waals surface area contributed by atoms with Crippen molar-refractivity contribution in [1.29, 1.82) is 5.26 Å². The van der Waals surface area contributed by atoms with Crippen LogP contribution in [-0.4, -0.2) is 161 Å². The molecule has 3 aromatic carbocycles. The number of nitrogens with one attached hydrogen (secondary N) is 1. The molecule has 5 aromatic rings. The van der Waals surface area contributed by atoms with E-state index < -0.39 is 29.6 Å². The number of halogens is 2. The van der Waals surface area contributed by atoms with E-state index in [2.05, 4.69) is 43.1 Å². The molecule has 2 atom stereocenters. The van der Waals surface area contributed by atoms with Crippen molar-refractivity contribution < 1.29 is 42.5 Å². The zero-order valence-electron chi connectivity index (χ0n) is 43.3. The molecule has 5 fully saturated rings. The van der Waals surface area contributed by atoms with Gasteiger partial charge < -0.3 is 44.0 Å². The van der Waals surface area contributed by atoms with Crippen molar-refractivity contribution >= 4 is 56.8 Å². The van der Waals surface area contributed by atoms with E-state index in [1.54, 1.807) is 16.7 Å². The Labute approximate surface area is 444 Å². The fourth-order valence-corrected chi connectivity index (χ4v) is 12.2. The number of imide groups is 1. The van der Waals surface area contributed by atoms with Gasteiger partial charge in [0.1, 0.15) is 40.0 Å². The van der Waals surface area contributed by atoms with Gasteiger partial charge in [-0.15, -0.1) is 6.42 Å². The minimum atomic E-state index is -0.897. The van der Waals surface area contributed by atoms with Gasteiger partial charge in [-0.1, -0.05) is 18.9 Å². The molecule has 4 amide bonds. The molecule has 77 heavy (non-hydrogen) atoms. The number of phenols is 1. The third-order valence-electron chi connectivity index (χ3n) is 16.6. The first-order valence-electron chi connectivity index (χ1n) is 26.7. The molecule has 5 aliphatic heterocycles. The molecule has 400 valence electrons. The maximum atomic E-state index is 17.6. The van der Waals surface area contributed by atoms with Crippen molar-refractivity contribution in [2.75, 3.05) is 95.5 Å². The fraction of sp³-hybridized carbons (Fsp3) is 0.474. The average molecular weight is 1050 g/mol. The summed E-state index contributed by atoms with van der Waals surface area (Å²) in [4.78, 5) is 77.4. The standard InChI is InChI=1S/C57H61F2N11O7/c1-4-40-43(58)9-6-35-27-39(71)28-42(47(35)40)50-49(59)51-48(54(62-50)76-3)52(68-24-25-69(46(73)5-2)38(31-68)12-17-60)64-56(63-51)77-33-57(15-16-57)32-66-22-20-65(21-23-66)29-34-13-18-67(19-14-34)37-7-8-41-36(26-37)30-70(55(41)75)44-10-11-45(72)61-53(44)74/h1,6-9,26-28,34,38,44,71H,5,10-16,18-25,29-33H2,2-3H3,(H,61,72,74)/t38-,44?/m1/s1. The zero-order chi connectivity index (χ0) is 53.7. The van der Waals surface area contributed by atoms with Gasteiger partial charge in [0.05, 0.1) is 37.8 Å². The molecule has 7 heterocycles. The van der Waals surface area contributed by atoms with Crippen LogP contribution in [0.15, 0.2) is 42.5 Å². The number of fused-ring (bicyclic) bond motifs is 3. The van der Waals surface area contributed by atoms with E-state index in [1.165, 1.54) is 31.4 Å². The van der Waals surface area contributed by atoms with Crippen LogP contribution >= 0.6 is 0 Å². The average Bonchev–Trinajstić information content (AvgIpc) is 4.14. The van der Waals surface area contributed by atoms with Crippen molar-refractivity contribution in [2.24, 2.45) is 11.3 Å². The number of pyridine rings is 1. The number of nitrogens with zero attached hydrogens (tertiary/aromatic N) is 10. The van der Waals surface area contributed by atoms with Crippen molar-refractivity contribution in [3.8, 4) is 47.3 Å². The number of rotatable bonds is 14. The quantitative estimate of drug-likeness (QED) is 0.103. The number of amides is 4. The second-order valence-electron chi connectivity index (χ2n) is 21.4. The highest BCUT2D eigenvalue weighted by molar-refractivity contribution is 6.06. The topological polar surface area (TPSA) is 201 Å². The molecule has 11 rings (SSSR count). The van der Waals surface area contributed by atoms with Gasteiger partial charge in [0.2, 0.25) is 23.6 Å². The second-order valence-corrected chi connectivity index (χ2v) is 21.4. The molecule has 0 spiro atoms. The SMILES string of the molecule is C#Cc1c(F)ccc2cc(O)cc(-c3nc(OC)c4c(N5CCN(C(=O)CC)[C@H](CC#N)C5)nc(OCC5(CN6CCN(CC7CCN(c8ccc9c(c8)CN(C8CCC(=O)NC8=O)C9=O)CC7)CC6)CC5)nc4c3F)c12. The van der Waals surface area contributed by atoms with Crippen LogP contribution in [0.4, 0.5) is 20.3 Å². The maximum Gasteiger partial charge on any atom is 0.319 e. The Morgan fingerprint density at radius 1 is 0.922 bits per heavy atom. The number of ether oxygens (including phenoxy) is 2. The van der Waals surface area contributed by atoms with Gasteiger partial charge in [0, 0.05) is 119 Å². The Hall–Kier alpha value is -7.68. The number of carbonyl (C=O) groups is 4. The van der Waals surface area contributed by atoms with Crippen LogP contribution in [-0.2, 0) is 20.9 Å². The lowest BCUT2D eigenvalue weighted by Crippen LogP contribution is -2.55. The normalized spacial score (nSPS) is 21.0. The lowest BCUT2D eigenvalue weighted by molar-refractivity contribution is -0.137. The van der Waals surface area contributed by atoms with Crippen LogP contribution in [0.25, 0.3) is 32.9 Å². The maximum absolute atomic E-state index is 17.6. The van der Waals surface area contributed by atoms with Crippen LogP contribution in [0.2, 0.25) is 0 Å². The molecule has 1 unspecified atom stereocenters. The molecule has 0 radical (unpaired) electrons. The van der Waals surface area contributed by atoms with Crippen LogP contribution in [0.5, 0.6) is 17.6 Å². The monoisotopic (exact) mass is 1050 g/mol. The van der Waals surface area contributed by atoms with Gasteiger partial charge in [0.15, 0.2) is 5.82 Å². The molecule has 1 aliphatic carbocycles. The molecule has 1 saturated carbocycles. The highest BCUT2D eigenvalue weighted by atomic mass is 19.1. The van der Waals surface area contributed by atoms with Gasteiger partial charge in [-0.3, -0.25) is 24.5 Å². The number of benzene rings is 3. The van der Waals surface area contributed by atoms with Crippen molar-refractivity contribution in [2.45, 2.75) is 76.9 Å². The van der Waals surface area contributed by atoms with Gasteiger partial charge in [0.25, 0.3) is 5.91 Å². The predicted octanol–water partition coefficient (Wildman–Crippen LogP) is 5.61. The Balaban J connectivity index is 0.763. The van der Waals surface area contributed by atoms with E-state index in [0.717, 1.165) is 89.3 Å². The number of piperazine rings is 2. The number of phenolic OH excluding ortho intramolecular Hbond substituents is 1. The summed E-state index contributed by atoms with van der Waals surface area (Å²) in [5.74, 6) is 0.393. The van der Waals surface area contributed by atoms with E-state index in [1.807, 2.05) is 17.0 Å². The van der Waals surface area contributed by atoms with Gasteiger partial charge in [-0.05, 0) is 85.4 Å². The first-order chi connectivity index (χ1) is 37.3. The number of anilines is 2. The number of terminal acetylenes is 1. The molecule has 2 N–H and O–H groups in total. The lowest BCUT2D eigenvalue weighted by atomic mass is 9.95. The fourth-order valence-electron chi connectivity index (χ4n) is 12.2. The minimum Gasteiger partial charge on any atom is -0.508 e. The molecular weight excluding hydrogens is 989 g/mol. The molecule has 0 bridgehead atoms. The Bertz CT molecular complexity index is 3290. The smallest absolute Gasteiger partial charge is 0.319 e. The number of piperidine rings is 2. The molecule has 18 nitrogen and oxygen atoms in total. The largest absolute Gasteiger partial charge is 0.508 e. The van der Waals surface area contributed by atoms with Crippen LogP contribution in [0.3, 0.4) is 0 Å². The van der Waals surface area contributed by atoms with Crippen LogP contribution < -0.4 is 24.6 Å². The number of aromatic hydroxyl groups is 1. The number of nitriles is 1. The summed E-state index contributed by atoms with van der Waals surface area (Å²) in [6.07, 6.45) is 10.7. The first-order valence-corrected chi connectivity index (χ1v) is 26.7. The molecule has 6 aliphatic rings. The third kappa shape index (κ3) is 10.0.